The Labute approximate surface area is 118 Å². The largest absolute Gasteiger partial charge is 0.369 e. The van der Waals surface area contributed by atoms with Gasteiger partial charge in [-0.1, -0.05) is 17.7 Å². The second kappa shape index (κ2) is 4.45. The Morgan fingerprint density at radius 3 is 2.60 bits per heavy atom. The number of hydrogen-bond acceptors (Lipinski definition) is 2. The van der Waals surface area contributed by atoms with Crippen LogP contribution in [0.3, 0.4) is 0 Å². The number of rotatable bonds is 1. The molecule has 102 valence electrons. The van der Waals surface area contributed by atoms with E-state index in [9.17, 15) is 8.78 Å². The predicted octanol–water partition coefficient (Wildman–Crippen LogP) is 3.85. The quantitative estimate of drug-likeness (QED) is 0.740. The van der Waals surface area contributed by atoms with Crippen LogP contribution in [-0.2, 0) is 0 Å². The van der Waals surface area contributed by atoms with E-state index >= 15 is 0 Å². The maximum atomic E-state index is 14.1. The number of nitrogens with two attached hydrogens (primary N) is 1. The molecule has 0 saturated carbocycles. The molecule has 3 aromatic rings. The molecule has 3 rings (SSSR count). The lowest BCUT2D eigenvalue weighted by molar-refractivity contribution is 0.617. The number of nitrogen functional groups attached to an aromatic ring is 1. The fourth-order valence-electron chi connectivity index (χ4n) is 2.14. The monoisotopic (exact) mass is 293 g/mol. The highest BCUT2D eigenvalue weighted by Crippen LogP contribution is 2.28. The van der Waals surface area contributed by atoms with Crippen molar-refractivity contribution in [2.24, 2.45) is 0 Å². The van der Waals surface area contributed by atoms with Crippen molar-refractivity contribution in [3.8, 4) is 5.69 Å². The third-order valence-corrected chi connectivity index (χ3v) is 3.36. The first-order valence-corrected chi connectivity index (χ1v) is 6.24. The first-order chi connectivity index (χ1) is 9.47. The fourth-order valence-corrected chi connectivity index (χ4v) is 2.30. The molecule has 2 N–H and O–H groups in total. The van der Waals surface area contributed by atoms with Gasteiger partial charge in [0.2, 0.25) is 5.95 Å². The molecule has 0 radical (unpaired) electrons. The van der Waals surface area contributed by atoms with Gasteiger partial charge in [-0.05, 0) is 30.7 Å². The molecule has 0 unspecified atom stereocenters. The Bertz CT molecular complexity index is 827. The van der Waals surface area contributed by atoms with Gasteiger partial charge >= 0.3 is 0 Å². The zero-order valence-corrected chi connectivity index (χ0v) is 11.2. The van der Waals surface area contributed by atoms with Crippen molar-refractivity contribution < 1.29 is 8.78 Å². The van der Waals surface area contributed by atoms with Crippen LogP contribution in [-0.4, -0.2) is 9.55 Å². The molecule has 2 aromatic carbocycles. The summed E-state index contributed by atoms with van der Waals surface area (Å²) in [5.41, 5.74) is 7.59. The number of aromatic nitrogens is 2. The summed E-state index contributed by atoms with van der Waals surface area (Å²) < 4.78 is 29.1. The van der Waals surface area contributed by atoms with Gasteiger partial charge in [-0.15, -0.1) is 0 Å². The van der Waals surface area contributed by atoms with Crippen molar-refractivity contribution in [2.45, 2.75) is 6.92 Å². The van der Waals surface area contributed by atoms with Crippen molar-refractivity contribution in [1.82, 2.24) is 9.55 Å². The Kier molecular flexibility index (Phi) is 2.87. The normalized spacial score (nSPS) is 11.2. The van der Waals surface area contributed by atoms with Crippen LogP contribution in [0.25, 0.3) is 16.7 Å². The van der Waals surface area contributed by atoms with Crippen LogP contribution in [0.2, 0.25) is 5.02 Å². The molecular formula is C14H10ClF2N3. The maximum absolute atomic E-state index is 14.1. The number of halogens is 3. The van der Waals surface area contributed by atoms with Crippen LogP contribution in [0.5, 0.6) is 0 Å². The highest BCUT2D eigenvalue weighted by atomic mass is 35.5. The van der Waals surface area contributed by atoms with Gasteiger partial charge in [0.1, 0.15) is 11.6 Å². The van der Waals surface area contributed by atoms with Crippen LogP contribution in [0.15, 0.2) is 30.3 Å². The smallest absolute Gasteiger partial charge is 0.206 e. The molecule has 1 aromatic heterocycles. The van der Waals surface area contributed by atoms with E-state index in [0.29, 0.717) is 11.0 Å². The molecule has 0 aliphatic carbocycles. The lowest BCUT2D eigenvalue weighted by atomic mass is 10.2. The summed E-state index contributed by atoms with van der Waals surface area (Å²) in [7, 11) is 0. The van der Waals surface area contributed by atoms with Gasteiger partial charge in [0.15, 0.2) is 0 Å². The van der Waals surface area contributed by atoms with Gasteiger partial charge in [-0.3, -0.25) is 4.57 Å². The molecule has 0 aliphatic rings. The number of aryl methyl sites for hydroxylation is 1. The molecule has 3 nitrogen and oxygen atoms in total. The average Bonchev–Trinajstić information content (AvgIpc) is 2.66. The summed E-state index contributed by atoms with van der Waals surface area (Å²) in [6, 6.07) is 7.27. The van der Waals surface area contributed by atoms with E-state index in [0.717, 1.165) is 5.56 Å². The molecule has 0 amide bonds. The van der Waals surface area contributed by atoms with Crippen LogP contribution in [0.1, 0.15) is 5.56 Å². The molecule has 0 spiro atoms. The summed E-state index contributed by atoms with van der Waals surface area (Å²) in [5, 5.41) is -0.0495. The number of hydrogen-bond donors (Lipinski definition) is 1. The second-order valence-electron chi connectivity index (χ2n) is 4.52. The fraction of sp³-hybridized carbons (Fsp3) is 0.0714. The highest BCUT2D eigenvalue weighted by molar-refractivity contribution is 6.31. The molecule has 0 atom stereocenters. The summed E-state index contributed by atoms with van der Waals surface area (Å²) >= 11 is 5.71. The summed E-state index contributed by atoms with van der Waals surface area (Å²) in [6.45, 7) is 1.78. The molecule has 1 heterocycles. The summed E-state index contributed by atoms with van der Waals surface area (Å²) in [5.74, 6) is -0.983. The van der Waals surface area contributed by atoms with Crippen molar-refractivity contribution in [3.63, 3.8) is 0 Å². The van der Waals surface area contributed by atoms with E-state index in [2.05, 4.69) is 4.98 Å². The molecule has 20 heavy (non-hydrogen) atoms. The molecule has 0 fully saturated rings. The molecule has 0 bridgehead atoms. The van der Waals surface area contributed by atoms with Gasteiger partial charge in [0.25, 0.3) is 0 Å². The number of nitrogens with zero attached hydrogens (tertiary/aromatic N) is 2. The first-order valence-electron chi connectivity index (χ1n) is 5.87. The zero-order valence-electron chi connectivity index (χ0n) is 10.5. The number of benzene rings is 2. The van der Waals surface area contributed by atoms with Gasteiger partial charge < -0.3 is 5.73 Å². The standard InChI is InChI=1S/C14H10ClF2N3/c1-7-2-3-12(10(17)4-7)20-13-6-9(16)8(15)5-11(13)19-14(20)18/h2-6H,1H3,(H2,18,19). The minimum absolute atomic E-state index is 0.0495. The van der Waals surface area contributed by atoms with Gasteiger partial charge in [0, 0.05) is 6.07 Å². The molecule has 0 saturated heterocycles. The van der Waals surface area contributed by atoms with Crippen LogP contribution in [0, 0.1) is 18.6 Å². The van der Waals surface area contributed by atoms with Gasteiger partial charge in [-0.25, -0.2) is 13.8 Å². The number of fused-ring (bicyclic) bond motifs is 1. The Balaban J connectivity index is 2.35. The Morgan fingerprint density at radius 1 is 1.15 bits per heavy atom. The van der Waals surface area contributed by atoms with Crippen molar-refractivity contribution in [3.05, 3.63) is 52.6 Å². The topological polar surface area (TPSA) is 43.8 Å². The average molecular weight is 294 g/mol. The van der Waals surface area contributed by atoms with E-state index in [1.165, 1.54) is 22.8 Å². The van der Waals surface area contributed by atoms with Gasteiger partial charge in [0.05, 0.1) is 21.7 Å². The number of anilines is 1. The third kappa shape index (κ3) is 1.91. The Morgan fingerprint density at radius 2 is 1.90 bits per heavy atom. The lowest BCUT2D eigenvalue weighted by Gasteiger charge is -2.08. The highest BCUT2D eigenvalue weighted by Gasteiger charge is 2.15. The molecular weight excluding hydrogens is 284 g/mol. The molecule has 6 heteroatoms. The Hall–Kier alpha value is -2.14. The second-order valence-corrected chi connectivity index (χ2v) is 4.92. The van der Waals surface area contributed by atoms with Crippen LogP contribution < -0.4 is 5.73 Å². The van der Waals surface area contributed by atoms with E-state index in [4.69, 9.17) is 17.3 Å². The maximum Gasteiger partial charge on any atom is 0.206 e. The van der Waals surface area contributed by atoms with Crippen LogP contribution >= 0.6 is 11.6 Å². The zero-order chi connectivity index (χ0) is 14.4. The van der Waals surface area contributed by atoms with Crippen molar-refractivity contribution in [1.29, 1.82) is 0 Å². The van der Waals surface area contributed by atoms with Crippen molar-refractivity contribution >= 4 is 28.6 Å². The lowest BCUT2D eigenvalue weighted by Crippen LogP contribution is -2.03. The first kappa shape index (κ1) is 12.9. The summed E-state index contributed by atoms with van der Waals surface area (Å²) in [4.78, 5) is 4.08. The van der Waals surface area contributed by atoms with E-state index < -0.39 is 11.6 Å². The minimum Gasteiger partial charge on any atom is -0.369 e. The predicted molar refractivity (Wildman–Crippen MR) is 75.1 cm³/mol. The van der Waals surface area contributed by atoms with E-state index in [1.54, 1.807) is 19.1 Å². The third-order valence-electron chi connectivity index (χ3n) is 3.07. The van der Waals surface area contributed by atoms with Crippen LogP contribution in [0.4, 0.5) is 14.7 Å². The number of imidazole rings is 1. The SMILES string of the molecule is Cc1ccc(-n2c(N)nc3cc(Cl)c(F)cc32)c(F)c1. The van der Waals surface area contributed by atoms with Crippen molar-refractivity contribution in [2.75, 3.05) is 5.73 Å². The van der Waals surface area contributed by atoms with E-state index in [1.807, 2.05) is 0 Å². The van der Waals surface area contributed by atoms with E-state index in [-0.39, 0.29) is 16.7 Å². The van der Waals surface area contributed by atoms with Gasteiger partial charge in [-0.2, -0.15) is 0 Å². The summed E-state index contributed by atoms with van der Waals surface area (Å²) in [6.07, 6.45) is 0. The molecule has 0 aliphatic heterocycles. The minimum atomic E-state index is -0.604.